The van der Waals surface area contributed by atoms with Gasteiger partial charge in [0.1, 0.15) is 15.5 Å². The lowest BCUT2D eigenvalue weighted by atomic mass is 10.2. The molecule has 62 heavy (non-hydrogen) atoms. The largest absolute Gasteiger partial charge is 0.485 e. The summed E-state index contributed by atoms with van der Waals surface area (Å²) in [6.07, 6.45) is -0.891. The predicted octanol–water partition coefficient (Wildman–Crippen LogP) is 3.94. The average Bonchev–Trinajstić information content (AvgIpc) is 3.24. The number of nitro benzene ring substituents is 3. The van der Waals surface area contributed by atoms with E-state index in [9.17, 15) is 30.3 Å². The van der Waals surface area contributed by atoms with Crippen LogP contribution in [0.3, 0.4) is 0 Å². The van der Waals surface area contributed by atoms with Gasteiger partial charge in [0, 0.05) is 49.9 Å². The fourth-order valence-corrected chi connectivity index (χ4v) is 15.1. The number of rotatable bonds is 14. The fourth-order valence-electron chi connectivity index (χ4n) is 6.85. The summed E-state index contributed by atoms with van der Waals surface area (Å²) in [5.41, 5.74) is -3.03. The van der Waals surface area contributed by atoms with Crippen LogP contribution in [0, 0.1) is 42.2 Å². The summed E-state index contributed by atoms with van der Waals surface area (Å²) < 4.78 is 97.3. The van der Waals surface area contributed by atoms with E-state index in [1.807, 2.05) is 0 Å². The van der Waals surface area contributed by atoms with Crippen molar-refractivity contribution in [1.82, 2.24) is 14.9 Å². The topological polar surface area (TPSA) is 289 Å². The zero-order chi connectivity index (χ0) is 45.1. The van der Waals surface area contributed by atoms with Crippen LogP contribution in [-0.2, 0) is 29.7 Å². The van der Waals surface area contributed by atoms with E-state index < -0.39 is 99.6 Å². The monoisotopic (exact) mass is 914 g/mol. The molecule has 0 spiro atoms. The van der Waals surface area contributed by atoms with Crippen molar-refractivity contribution in [1.29, 1.82) is 0 Å². The second-order valence-electron chi connectivity index (χ2n) is 13.7. The van der Waals surface area contributed by atoms with Gasteiger partial charge < -0.3 is 20.5 Å². The van der Waals surface area contributed by atoms with E-state index in [1.165, 1.54) is 24.3 Å². The van der Waals surface area contributed by atoms with Crippen LogP contribution >= 0.6 is 0 Å². The van der Waals surface area contributed by atoms with Gasteiger partial charge in [-0.2, -0.15) is 4.31 Å². The third-order valence-corrected chi connectivity index (χ3v) is 17.5. The molecule has 4 aromatic carbocycles. The van der Waals surface area contributed by atoms with Crippen LogP contribution in [0.25, 0.3) is 0 Å². The first kappa shape index (κ1) is 47.2. The van der Waals surface area contributed by atoms with Gasteiger partial charge in [-0.15, -0.1) is 0 Å². The summed E-state index contributed by atoms with van der Waals surface area (Å²) in [4.78, 5) is 30.5. The van der Waals surface area contributed by atoms with Gasteiger partial charge >= 0.3 is 0 Å². The van der Waals surface area contributed by atoms with Crippen molar-refractivity contribution in [3.8, 4) is 17.6 Å². The molecule has 0 saturated carbocycles. The van der Waals surface area contributed by atoms with E-state index in [0.717, 1.165) is 60.7 Å². The van der Waals surface area contributed by atoms with Crippen molar-refractivity contribution in [2.45, 2.75) is 57.1 Å². The van der Waals surface area contributed by atoms with E-state index >= 15 is 25.3 Å². The number of aliphatic hydroxyl groups is 1. The first-order chi connectivity index (χ1) is 29.5. The smallest absolute Gasteiger partial charge is 0.289 e. The van der Waals surface area contributed by atoms with Crippen LogP contribution in [0.1, 0.15) is 37.7 Å². The van der Waals surface area contributed by atoms with E-state index in [1.54, 1.807) is 0 Å². The molecule has 5 rings (SSSR count). The number of para-hydroxylation sites is 3. The molecule has 20 nitrogen and oxygen atoms in total. The van der Waals surface area contributed by atoms with Gasteiger partial charge in [-0.05, 0) is 87.8 Å². The van der Waals surface area contributed by atoms with E-state index in [-0.39, 0.29) is 36.2 Å². The van der Waals surface area contributed by atoms with Crippen molar-refractivity contribution in [3.05, 3.63) is 133 Å². The van der Waals surface area contributed by atoms with Gasteiger partial charge in [-0.25, -0.2) is 25.3 Å². The molecule has 1 heterocycles. The molecule has 4 aromatic rings. The van der Waals surface area contributed by atoms with Gasteiger partial charge in [-0.3, -0.25) is 30.3 Å². The number of nitrogens with one attached hydrogen (secondary N) is 2. The van der Waals surface area contributed by atoms with Crippen LogP contribution in [0.15, 0.2) is 112 Å². The maximum absolute atomic E-state index is 16.1. The Morgan fingerprint density at radius 1 is 0.677 bits per heavy atom. The van der Waals surface area contributed by atoms with Crippen molar-refractivity contribution >= 4 is 46.8 Å². The molecule has 1 aliphatic heterocycles. The lowest BCUT2D eigenvalue weighted by Crippen LogP contribution is -2.71. The normalized spacial score (nSPS) is 16.7. The van der Waals surface area contributed by atoms with Crippen LogP contribution < -0.4 is 15.4 Å². The summed E-state index contributed by atoms with van der Waals surface area (Å²) in [6, 6.07) is 16.3. The Morgan fingerprint density at radius 3 is 1.69 bits per heavy atom. The SMILES string of the molecule is O=[N+]([O-])c1ccccc1S(=O)(=O)N1CCCNCCCNCC(Oc2ccc(C#CCCCCO)cc2)C1(S(=O)(=O)c1ccccc1[N+](=O)[O-])S(=O)(=O)c1ccccc1[N+](=O)[O-]. The Balaban J connectivity index is 2.00. The summed E-state index contributed by atoms with van der Waals surface area (Å²) in [6.45, 7) is -1.57. The molecule has 1 fully saturated rings. The number of hydrogen-bond acceptors (Lipinski definition) is 16. The summed E-state index contributed by atoms with van der Waals surface area (Å²) in [5.74, 6) is 5.60. The highest BCUT2D eigenvalue weighted by atomic mass is 32.3. The van der Waals surface area contributed by atoms with Gasteiger partial charge in [0.15, 0.2) is 11.0 Å². The molecule has 0 aromatic heterocycles. The third-order valence-electron chi connectivity index (χ3n) is 9.68. The number of ether oxygens (including phenoxy) is 1. The Labute approximate surface area is 357 Å². The first-order valence-corrected chi connectivity index (χ1v) is 23.4. The van der Waals surface area contributed by atoms with E-state index in [0.29, 0.717) is 49.9 Å². The van der Waals surface area contributed by atoms with Crippen LogP contribution in [0.5, 0.6) is 5.75 Å². The van der Waals surface area contributed by atoms with Crippen molar-refractivity contribution < 1.29 is 49.9 Å². The highest BCUT2D eigenvalue weighted by Gasteiger charge is 2.71. The van der Waals surface area contributed by atoms with Gasteiger partial charge in [0.25, 0.3) is 31.3 Å². The minimum atomic E-state index is -6.21. The number of nitro groups is 3. The van der Waals surface area contributed by atoms with Gasteiger partial charge in [0.2, 0.25) is 19.7 Å². The van der Waals surface area contributed by atoms with Gasteiger partial charge in [0.05, 0.1) is 14.8 Å². The molecule has 1 aliphatic rings. The quantitative estimate of drug-likeness (QED) is 0.0699. The maximum atomic E-state index is 16.1. The average molecular weight is 915 g/mol. The summed E-state index contributed by atoms with van der Waals surface area (Å²) in [5, 5.41) is 52.6. The number of hydrogen-bond donors (Lipinski definition) is 3. The number of benzene rings is 4. The Morgan fingerprint density at radius 2 is 1.16 bits per heavy atom. The van der Waals surface area contributed by atoms with E-state index in [2.05, 4.69) is 22.5 Å². The number of sulfone groups is 2. The molecule has 1 atom stereocenters. The highest BCUT2D eigenvalue weighted by Crippen LogP contribution is 2.49. The highest BCUT2D eigenvalue weighted by molar-refractivity contribution is 8.11. The number of aliphatic hydroxyl groups excluding tert-OH is 1. The molecule has 0 bridgehead atoms. The molecule has 3 N–H and O–H groups in total. The van der Waals surface area contributed by atoms with Gasteiger partial charge in [-0.1, -0.05) is 48.2 Å². The maximum Gasteiger partial charge on any atom is 0.289 e. The van der Waals surface area contributed by atoms with Crippen LogP contribution in [-0.4, -0.2) is 99.1 Å². The molecular weight excluding hydrogens is 873 g/mol. The van der Waals surface area contributed by atoms with Crippen molar-refractivity contribution in [2.75, 3.05) is 39.3 Å². The molecule has 330 valence electrons. The Hall–Kier alpha value is -5.87. The molecule has 0 amide bonds. The molecule has 0 aliphatic carbocycles. The lowest BCUT2D eigenvalue weighted by molar-refractivity contribution is -0.388. The zero-order valence-electron chi connectivity index (χ0n) is 32.9. The summed E-state index contributed by atoms with van der Waals surface area (Å²) in [7, 11) is -18.2. The fraction of sp³-hybridized carbons (Fsp3) is 0.333. The molecule has 1 unspecified atom stereocenters. The summed E-state index contributed by atoms with van der Waals surface area (Å²) >= 11 is 0. The Bertz CT molecular complexity index is 2600. The number of unbranched alkanes of at least 4 members (excludes halogenated alkanes) is 2. The standard InChI is InChI=1S/C39H42N6O14S3/c46-28-10-2-1-3-13-30-20-22-31(23-21-30)59-38-29-41-25-11-24-40-26-12-27-42(62(57,58)37-19-9-6-16-34(37)45(51)52)39(38,60(53,54)35-17-7-4-14-32(35)43(47)48)61(55,56)36-18-8-5-15-33(36)44(49)50/h4-9,14-23,38,40-41,46H,1-2,10-12,24-29H2. The molecular formula is C39H42N6O14S3. The van der Waals surface area contributed by atoms with Crippen LogP contribution in [0.2, 0.25) is 0 Å². The minimum Gasteiger partial charge on any atom is -0.485 e. The van der Waals surface area contributed by atoms with Crippen LogP contribution in [0.4, 0.5) is 17.1 Å². The van der Waals surface area contributed by atoms with Crippen molar-refractivity contribution in [3.63, 3.8) is 0 Å². The predicted molar refractivity (Wildman–Crippen MR) is 224 cm³/mol. The molecule has 1 saturated heterocycles. The number of nitrogens with zero attached hydrogens (tertiary/aromatic N) is 4. The lowest BCUT2D eigenvalue weighted by Gasteiger charge is -2.45. The number of sulfonamides is 1. The first-order valence-electron chi connectivity index (χ1n) is 19.0. The third kappa shape index (κ3) is 9.60. The minimum absolute atomic E-state index is 0.00229. The zero-order valence-corrected chi connectivity index (χ0v) is 35.3. The van der Waals surface area contributed by atoms with Crippen molar-refractivity contribution in [2.24, 2.45) is 0 Å². The second kappa shape index (κ2) is 20.3. The molecule has 0 radical (unpaired) electrons. The molecule has 23 heteroatoms. The second-order valence-corrected chi connectivity index (χ2v) is 19.9. The Kier molecular flexibility index (Phi) is 15.5. The van der Waals surface area contributed by atoms with E-state index in [4.69, 9.17) is 9.84 Å².